The molecule has 0 heterocycles. The fourth-order valence-corrected chi connectivity index (χ4v) is 3.53. The highest BCUT2D eigenvalue weighted by molar-refractivity contribution is 7.99. The van der Waals surface area contributed by atoms with E-state index in [1.807, 2.05) is 43.0 Å². The summed E-state index contributed by atoms with van der Waals surface area (Å²) >= 11 is 1.81. The molecule has 2 rings (SSSR count). The Kier molecular flexibility index (Phi) is 4.66. The van der Waals surface area contributed by atoms with Crippen LogP contribution in [0.1, 0.15) is 41.6 Å². The number of aryl methyl sites for hydroxylation is 1. The van der Waals surface area contributed by atoms with Gasteiger partial charge in [0.2, 0.25) is 0 Å². The predicted octanol–water partition coefficient (Wildman–Crippen LogP) is 4.10. The molecule has 1 aliphatic carbocycles. The molecule has 0 radical (unpaired) electrons. The summed E-state index contributed by atoms with van der Waals surface area (Å²) in [6.45, 7) is 2.03. The van der Waals surface area contributed by atoms with E-state index in [9.17, 15) is 4.79 Å². The standard InChI is InChI=1S/C15H20OS/c1-12-5-4-8-14(9-12)15(16)11-17-10-13-6-2-3-7-13/h4-5,8-9,13H,2-3,6-7,10-11H2,1H3. The lowest BCUT2D eigenvalue weighted by Gasteiger charge is -2.07. The lowest BCUT2D eigenvalue weighted by Crippen LogP contribution is -2.05. The Bertz CT molecular complexity index is 380. The highest BCUT2D eigenvalue weighted by Crippen LogP contribution is 2.28. The van der Waals surface area contributed by atoms with Crippen LogP contribution in [0.2, 0.25) is 0 Å². The van der Waals surface area contributed by atoms with Crippen molar-refractivity contribution in [2.75, 3.05) is 11.5 Å². The summed E-state index contributed by atoms with van der Waals surface area (Å²) in [6, 6.07) is 7.90. The van der Waals surface area contributed by atoms with Crippen LogP contribution in [0.15, 0.2) is 24.3 Å². The number of ketones is 1. The van der Waals surface area contributed by atoms with Crippen molar-refractivity contribution in [1.82, 2.24) is 0 Å². The van der Waals surface area contributed by atoms with E-state index in [0.29, 0.717) is 5.75 Å². The van der Waals surface area contributed by atoms with Gasteiger partial charge in [-0.15, -0.1) is 0 Å². The summed E-state index contributed by atoms with van der Waals surface area (Å²) in [5.41, 5.74) is 2.03. The zero-order valence-electron chi connectivity index (χ0n) is 10.4. The first-order chi connectivity index (χ1) is 8.25. The molecule has 0 atom stereocenters. The summed E-state index contributed by atoms with van der Waals surface area (Å²) in [5, 5.41) is 0. The van der Waals surface area contributed by atoms with E-state index in [0.717, 1.165) is 22.8 Å². The van der Waals surface area contributed by atoms with Crippen molar-refractivity contribution < 1.29 is 4.79 Å². The molecule has 0 unspecified atom stereocenters. The summed E-state index contributed by atoms with van der Waals surface area (Å²) in [4.78, 5) is 11.9. The third-order valence-corrected chi connectivity index (χ3v) is 4.57. The molecule has 1 aromatic rings. The van der Waals surface area contributed by atoms with Crippen LogP contribution >= 0.6 is 11.8 Å². The molecule has 0 amide bonds. The fourth-order valence-electron chi connectivity index (χ4n) is 2.40. The average molecular weight is 248 g/mol. The third kappa shape index (κ3) is 3.88. The molecule has 0 aromatic heterocycles. The molecule has 0 saturated heterocycles. The lowest BCUT2D eigenvalue weighted by molar-refractivity contribution is 0.102. The van der Waals surface area contributed by atoms with Gasteiger partial charge in [0.05, 0.1) is 5.75 Å². The summed E-state index contributed by atoms with van der Waals surface area (Å²) < 4.78 is 0. The topological polar surface area (TPSA) is 17.1 Å². The molecule has 1 fully saturated rings. The number of hydrogen-bond acceptors (Lipinski definition) is 2. The summed E-state index contributed by atoms with van der Waals surface area (Å²) in [6.07, 6.45) is 5.51. The number of carbonyl (C=O) groups is 1. The third-order valence-electron chi connectivity index (χ3n) is 3.40. The van der Waals surface area contributed by atoms with Crippen molar-refractivity contribution >= 4 is 17.5 Å². The average Bonchev–Trinajstić information content (AvgIpc) is 2.82. The van der Waals surface area contributed by atoms with Crippen LogP contribution in [0.4, 0.5) is 0 Å². The van der Waals surface area contributed by atoms with Gasteiger partial charge in [-0.2, -0.15) is 11.8 Å². The zero-order chi connectivity index (χ0) is 12.1. The number of rotatable bonds is 5. The van der Waals surface area contributed by atoms with Gasteiger partial charge in [0, 0.05) is 5.56 Å². The fraction of sp³-hybridized carbons (Fsp3) is 0.533. The van der Waals surface area contributed by atoms with Gasteiger partial charge in [-0.3, -0.25) is 4.79 Å². The first-order valence-electron chi connectivity index (χ1n) is 6.43. The molecule has 0 spiro atoms. The van der Waals surface area contributed by atoms with Gasteiger partial charge in [0.1, 0.15) is 0 Å². The zero-order valence-corrected chi connectivity index (χ0v) is 11.3. The number of thioether (sulfide) groups is 1. The Morgan fingerprint density at radius 3 is 2.82 bits per heavy atom. The van der Waals surface area contributed by atoms with Crippen LogP contribution in [0.3, 0.4) is 0 Å². The number of benzene rings is 1. The minimum Gasteiger partial charge on any atom is -0.293 e. The molecule has 1 aliphatic rings. The van der Waals surface area contributed by atoms with E-state index < -0.39 is 0 Å². The summed E-state index contributed by atoms with van der Waals surface area (Å²) in [5.74, 6) is 2.94. The van der Waals surface area contributed by atoms with E-state index in [1.54, 1.807) is 0 Å². The molecule has 1 nitrogen and oxygen atoms in total. The van der Waals surface area contributed by atoms with E-state index in [-0.39, 0.29) is 5.78 Å². The predicted molar refractivity (Wildman–Crippen MR) is 74.8 cm³/mol. The van der Waals surface area contributed by atoms with Gasteiger partial charge in [-0.25, -0.2) is 0 Å². The van der Waals surface area contributed by atoms with Crippen molar-refractivity contribution in [2.24, 2.45) is 5.92 Å². The Morgan fingerprint density at radius 1 is 1.35 bits per heavy atom. The second kappa shape index (κ2) is 6.25. The molecule has 0 N–H and O–H groups in total. The van der Waals surface area contributed by atoms with Gasteiger partial charge in [0.15, 0.2) is 5.78 Å². The lowest BCUT2D eigenvalue weighted by atomic mass is 10.1. The smallest absolute Gasteiger partial charge is 0.172 e. The summed E-state index contributed by atoms with van der Waals surface area (Å²) in [7, 11) is 0. The van der Waals surface area contributed by atoms with Crippen molar-refractivity contribution in [3.63, 3.8) is 0 Å². The maximum atomic E-state index is 11.9. The number of hydrogen-bond donors (Lipinski definition) is 0. The van der Waals surface area contributed by atoms with Crippen molar-refractivity contribution in [1.29, 1.82) is 0 Å². The van der Waals surface area contributed by atoms with E-state index in [4.69, 9.17) is 0 Å². The van der Waals surface area contributed by atoms with Crippen LogP contribution in [0.5, 0.6) is 0 Å². The molecule has 2 heteroatoms. The molecule has 17 heavy (non-hydrogen) atoms. The Balaban J connectivity index is 1.77. The largest absolute Gasteiger partial charge is 0.293 e. The van der Waals surface area contributed by atoms with Gasteiger partial charge in [-0.1, -0.05) is 36.6 Å². The van der Waals surface area contributed by atoms with Crippen molar-refractivity contribution in [3.8, 4) is 0 Å². The normalized spacial score (nSPS) is 16.3. The Morgan fingerprint density at radius 2 is 2.12 bits per heavy atom. The molecular weight excluding hydrogens is 228 g/mol. The van der Waals surface area contributed by atoms with Crippen LogP contribution < -0.4 is 0 Å². The molecule has 92 valence electrons. The SMILES string of the molecule is Cc1cccc(C(=O)CSCC2CCCC2)c1. The van der Waals surface area contributed by atoms with Crippen LogP contribution in [-0.4, -0.2) is 17.3 Å². The minimum absolute atomic E-state index is 0.275. The Labute approximate surface area is 108 Å². The molecular formula is C15H20OS. The highest BCUT2D eigenvalue weighted by atomic mass is 32.2. The number of Topliss-reactive ketones (excluding diaryl/α,β-unsaturated/α-hetero) is 1. The van der Waals surface area contributed by atoms with E-state index in [2.05, 4.69) is 0 Å². The van der Waals surface area contributed by atoms with Crippen LogP contribution in [-0.2, 0) is 0 Å². The van der Waals surface area contributed by atoms with E-state index in [1.165, 1.54) is 25.7 Å². The van der Waals surface area contributed by atoms with E-state index >= 15 is 0 Å². The first-order valence-corrected chi connectivity index (χ1v) is 7.59. The quantitative estimate of drug-likeness (QED) is 0.730. The molecule has 1 aromatic carbocycles. The maximum Gasteiger partial charge on any atom is 0.172 e. The monoisotopic (exact) mass is 248 g/mol. The van der Waals surface area contributed by atoms with Gasteiger partial charge >= 0.3 is 0 Å². The number of carbonyl (C=O) groups excluding carboxylic acids is 1. The van der Waals surface area contributed by atoms with Crippen molar-refractivity contribution in [3.05, 3.63) is 35.4 Å². The molecule has 1 saturated carbocycles. The first kappa shape index (κ1) is 12.7. The molecule has 0 aliphatic heterocycles. The van der Waals surface area contributed by atoms with Crippen LogP contribution in [0, 0.1) is 12.8 Å². The van der Waals surface area contributed by atoms with Gasteiger partial charge in [-0.05, 0) is 37.5 Å². The highest BCUT2D eigenvalue weighted by Gasteiger charge is 2.15. The van der Waals surface area contributed by atoms with Gasteiger partial charge < -0.3 is 0 Å². The van der Waals surface area contributed by atoms with Crippen LogP contribution in [0.25, 0.3) is 0 Å². The maximum absolute atomic E-state index is 11.9. The second-order valence-corrected chi connectivity index (χ2v) is 5.99. The Hall–Kier alpha value is -0.760. The van der Waals surface area contributed by atoms with Gasteiger partial charge in [0.25, 0.3) is 0 Å². The van der Waals surface area contributed by atoms with Crippen molar-refractivity contribution in [2.45, 2.75) is 32.6 Å². The minimum atomic E-state index is 0.275. The molecule has 0 bridgehead atoms. The second-order valence-electron chi connectivity index (χ2n) is 4.96.